The Bertz CT molecular complexity index is 432. The van der Waals surface area contributed by atoms with E-state index in [0.717, 1.165) is 11.8 Å². The van der Waals surface area contributed by atoms with Gasteiger partial charge in [0, 0.05) is 24.7 Å². The van der Waals surface area contributed by atoms with Crippen LogP contribution in [0.1, 0.15) is 10.4 Å². The quantitative estimate of drug-likeness (QED) is 0.596. The summed E-state index contributed by atoms with van der Waals surface area (Å²) in [5.74, 6) is -1.29. The lowest BCUT2D eigenvalue weighted by atomic mass is 10.2. The van der Waals surface area contributed by atoms with Crippen LogP contribution >= 0.6 is 11.8 Å². The molecule has 0 saturated heterocycles. The molecule has 0 unspecified atom stereocenters. The van der Waals surface area contributed by atoms with Gasteiger partial charge in [0.15, 0.2) is 0 Å². The highest BCUT2D eigenvalue weighted by atomic mass is 32.2. The van der Waals surface area contributed by atoms with Crippen LogP contribution < -0.4 is 10.8 Å². The fourth-order valence-corrected chi connectivity index (χ4v) is 1.64. The maximum absolute atomic E-state index is 11.4. The number of nitrogens with zero attached hydrogens (tertiary/aromatic N) is 1. The molecule has 2 N–H and O–H groups in total. The van der Waals surface area contributed by atoms with Crippen LogP contribution in [0.4, 0.5) is 10.5 Å². The van der Waals surface area contributed by atoms with Crippen molar-refractivity contribution in [3.05, 3.63) is 23.8 Å². The summed E-state index contributed by atoms with van der Waals surface area (Å²) in [5.41, 5.74) is 5.88. The highest BCUT2D eigenvalue weighted by Gasteiger charge is 2.09. The van der Waals surface area contributed by atoms with E-state index in [2.05, 4.69) is 0 Å². The molecule has 0 radical (unpaired) electrons. The van der Waals surface area contributed by atoms with Crippen LogP contribution in [-0.4, -0.2) is 30.2 Å². The van der Waals surface area contributed by atoms with Crippen molar-refractivity contribution >= 4 is 28.7 Å². The molecular weight excluding hydrogens is 228 g/mol. The van der Waals surface area contributed by atoms with Crippen LogP contribution in [-0.2, 0) is 0 Å². The number of carbonyl (C=O) groups is 2. The van der Waals surface area contributed by atoms with Gasteiger partial charge in [-0.25, -0.2) is 0 Å². The van der Waals surface area contributed by atoms with Gasteiger partial charge in [0.05, 0.1) is 5.97 Å². The summed E-state index contributed by atoms with van der Waals surface area (Å²) in [6, 6.07) is 4.13. The van der Waals surface area contributed by atoms with Gasteiger partial charge in [0.25, 0.3) is 5.24 Å². The molecule has 0 aromatic heterocycles. The molecule has 1 aromatic rings. The number of thioether (sulfide) groups is 1. The van der Waals surface area contributed by atoms with E-state index >= 15 is 0 Å². The van der Waals surface area contributed by atoms with Gasteiger partial charge in [0.2, 0.25) is 0 Å². The molecule has 86 valence electrons. The van der Waals surface area contributed by atoms with Crippen LogP contribution in [0.3, 0.4) is 0 Å². The minimum absolute atomic E-state index is 0.000785. The zero-order valence-electron chi connectivity index (χ0n) is 8.89. The van der Waals surface area contributed by atoms with Crippen LogP contribution in [0.5, 0.6) is 0 Å². The van der Waals surface area contributed by atoms with E-state index in [1.165, 1.54) is 23.1 Å². The van der Waals surface area contributed by atoms with Crippen molar-refractivity contribution in [1.82, 2.24) is 4.90 Å². The lowest BCUT2D eigenvalue weighted by molar-refractivity contribution is -0.255. The third-order valence-electron chi connectivity index (χ3n) is 1.81. The van der Waals surface area contributed by atoms with E-state index in [4.69, 9.17) is 5.73 Å². The third-order valence-corrected chi connectivity index (χ3v) is 2.94. The Balaban J connectivity index is 2.91. The van der Waals surface area contributed by atoms with E-state index in [1.807, 2.05) is 0 Å². The zero-order valence-corrected chi connectivity index (χ0v) is 9.71. The maximum atomic E-state index is 11.4. The highest BCUT2D eigenvalue weighted by Crippen LogP contribution is 2.27. The molecule has 1 aromatic carbocycles. The van der Waals surface area contributed by atoms with E-state index in [1.54, 1.807) is 14.1 Å². The largest absolute Gasteiger partial charge is 0.545 e. The van der Waals surface area contributed by atoms with Gasteiger partial charge >= 0.3 is 0 Å². The summed E-state index contributed by atoms with van der Waals surface area (Å²) in [4.78, 5) is 23.9. The number of amides is 1. The Labute approximate surface area is 97.2 Å². The van der Waals surface area contributed by atoms with Gasteiger partial charge in [-0.15, -0.1) is 0 Å². The van der Waals surface area contributed by atoms with Gasteiger partial charge in [-0.05, 0) is 29.5 Å². The Morgan fingerprint density at radius 2 is 2.00 bits per heavy atom. The molecule has 0 aliphatic rings. The van der Waals surface area contributed by atoms with E-state index in [9.17, 15) is 14.7 Å². The second kappa shape index (κ2) is 4.89. The second-order valence-corrected chi connectivity index (χ2v) is 4.30. The Hall–Kier alpha value is -1.69. The van der Waals surface area contributed by atoms with Crippen molar-refractivity contribution in [2.24, 2.45) is 0 Å². The van der Waals surface area contributed by atoms with Crippen molar-refractivity contribution in [3.63, 3.8) is 0 Å². The Kier molecular flexibility index (Phi) is 3.78. The second-order valence-electron chi connectivity index (χ2n) is 3.30. The van der Waals surface area contributed by atoms with Gasteiger partial charge in [-0.3, -0.25) is 4.79 Å². The minimum Gasteiger partial charge on any atom is -0.545 e. The summed E-state index contributed by atoms with van der Waals surface area (Å²) >= 11 is 0.947. The number of rotatable bonds is 2. The summed E-state index contributed by atoms with van der Waals surface area (Å²) in [5, 5.41) is 10.4. The van der Waals surface area contributed by atoms with Gasteiger partial charge < -0.3 is 20.5 Å². The SMILES string of the molecule is CN(C)C(=O)Sc1ccc(C(=O)[O-])cc1N. The van der Waals surface area contributed by atoms with E-state index < -0.39 is 5.97 Å². The molecule has 0 spiro atoms. The number of carboxylic acid groups (broad SMARTS) is 1. The average molecular weight is 239 g/mol. The molecule has 16 heavy (non-hydrogen) atoms. The lowest BCUT2D eigenvalue weighted by Crippen LogP contribution is -2.22. The van der Waals surface area contributed by atoms with Crippen LogP contribution in [0.15, 0.2) is 23.1 Å². The van der Waals surface area contributed by atoms with E-state index in [-0.39, 0.29) is 16.5 Å². The number of nitrogen functional groups attached to an aromatic ring is 1. The number of hydrogen-bond acceptors (Lipinski definition) is 5. The predicted octanol–water partition coefficient (Wildman–Crippen LogP) is 0.406. The molecule has 6 heteroatoms. The monoisotopic (exact) mass is 239 g/mol. The van der Waals surface area contributed by atoms with Crippen molar-refractivity contribution in [2.75, 3.05) is 19.8 Å². The number of anilines is 1. The van der Waals surface area contributed by atoms with E-state index in [0.29, 0.717) is 4.90 Å². The van der Waals surface area contributed by atoms with Crippen molar-refractivity contribution < 1.29 is 14.7 Å². The molecule has 0 bridgehead atoms. The maximum Gasteiger partial charge on any atom is 0.286 e. The summed E-state index contributed by atoms with van der Waals surface area (Å²) in [6.45, 7) is 0. The number of benzene rings is 1. The molecule has 1 amide bonds. The van der Waals surface area contributed by atoms with Gasteiger partial charge in [-0.2, -0.15) is 0 Å². The van der Waals surface area contributed by atoms with Crippen LogP contribution in [0.25, 0.3) is 0 Å². The summed E-state index contributed by atoms with van der Waals surface area (Å²) in [7, 11) is 3.25. The molecule has 0 aliphatic heterocycles. The predicted molar refractivity (Wildman–Crippen MR) is 60.1 cm³/mol. The Morgan fingerprint density at radius 3 is 2.44 bits per heavy atom. The standard InChI is InChI=1S/C10H12N2O3S/c1-12(2)10(15)16-8-4-3-6(9(13)14)5-7(8)11/h3-5H,11H2,1-2H3,(H,13,14)/p-1. The number of nitrogens with two attached hydrogens (primary N) is 1. The average Bonchev–Trinajstić information content (AvgIpc) is 2.20. The molecule has 0 saturated carbocycles. The first-order valence-electron chi connectivity index (χ1n) is 4.42. The Morgan fingerprint density at radius 1 is 1.38 bits per heavy atom. The number of carboxylic acids is 1. The smallest absolute Gasteiger partial charge is 0.286 e. The number of hydrogen-bond donors (Lipinski definition) is 1. The lowest BCUT2D eigenvalue weighted by Gasteiger charge is -2.11. The summed E-state index contributed by atoms with van der Waals surface area (Å²) in [6.07, 6.45) is 0. The van der Waals surface area contributed by atoms with Crippen LogP contribution in [0.2, 0.25) is 0 Å². The first-order valence-corrected chi connectivity index (χ1v) is 5.23. The molecule has 0 fully saturated rings. The van der Waals surface area contributed by atoms with Crippen molar-refractivity contribution in [1.29, 1.82) is 0 Å². The minimum atomic E-state index is -1.29. The number of aromatic carboxylic acids is 1. The fourth-order valence-electron chi connectivity index (χ4n) is 0.954. The van der Waals surface area contributed by atoms with Crippen molar-refractivity contribution in [2.45, 2.75) is 4.90 Å². The molecule has 0 atom stereocenters. The topological polar surface area (TPSA) is 86.5 Å². The van der Waals surface area contributed by atoms with Crippen LogP contribution in [0, 0.1) is 0 Å². The molecule has 0 aliphatic carbocycles. The first-order chi connectivity index (χ1) is 7.41. The first kappa shape index (κ1) is 12.4. The molecule has 5 nitrogen and oxygen atoms in total. The molecule has 1 rings (SSSR count). The molecular formula is C10H11N2O3S-. The molecule has 0 heterocycles. The zero-order chi connectivity index (χ0) is 12.3. The highest BCUT2D eigenvalue weighted by molar-refractivity contribution is 8.13. The van der Waals surface area contributed by atoms with Gasteiger partial charge in [0.1, 0.15) is 0 Å². The fraction of sp³-hybridized carbons (Fsp3) is 0.200. The van der Waals surface area contributed by atoms with Crippen molar-refractivity contribution in [3.8, 4) is 0 Å². The third kappa shape index (κ3) is 2.90. The normalized spacial score (nSPS) is 9.88. The van der Waals surface area contributed by atoms with Gasteiger partial charge in [-0.1, -0.05) is 6.07 Å². The summed E-state index contributed by atoms with van der Waals surface area (Å²) < 4.78 is 0. The number of carbonyl (C=O) groups excluding carboxylic acids is 2.